The molecule has 1 N–H and O–H groups in total. The minimum atomic E-state index is 0.500. The van der Waals surface area contributed by atoms with Crippen LogP contribution in [-0.4, -0.2) is 29.0 Å². The molecule has 22 heavy (non-hydrogen) atoms. The van der Waals surface area contributed by atoms with Crippen molar-refractivity contribution in [2.75, 3.05) is 13.1 Å². The van der Waals surface area contributed by atoms with E-state index in [1.54, 1.807) is 0 Å². The highest BCUT2D eigenvalue weighted by Gasteiger charge is 2.19. The molecule has 0 amide bonds. The first-order valence-electron chi connectivity index (χ1n) is 7.93. The Morgan fingerprint density at radius 1 is 0.955 bits per heavy atom. The van der Waals surface area contributed by atoms with E-state index in [0.29, 0.717) is 6.04 Å². The summed E-state index contributed by atoms with van der Waals surface area (Å²) in [6, 6.07) is 21.4. The fourth-order valence-corrected chi connectivity index (χ4v) is 3.24. The lowest BCUT2D eigenvalue weighted by Gasteiger charge is -2.33. The molecule has 2 nitrogen and oxygen atoms in total. The van der Waals surface area contributed by atoms with Crippen LogP contribution in [0, 0.1) is 0 Å². The molecule has 3 heteroatoms. The lowest BCUT2D eigenvalue weighted by Crippen LogP contribution is -2.44. The fraction of sp³-hybridized carbons (Fsp3) is 0.316. The van der Waals surface area contributed by atoms with Crippen molar-refractivity contribution < 1.29 is 0 Å². The Kier molecular flexibility index (Phi) is 5.20. The molecule has 0 spiro atoms. The Bertz CT molecular complexity index is 589. The second-order valence-corrected chi connectivity index (χ2v) is 6.28. The minimum Gasteiger partial charge on any atom is -0.373 e. The van der Waals surface area contributed by atoms with Gasteiger partial charge < -0.3 is 5.32 Å². The maximum absolute atomic E-state index is 5.51. The van der Waals surface area contributed by atoms with Crippen LogP contribution in [0.3, 0.4) is 0 Å². The summed E-state index contributed by atoms with van der Waals surface area (Å²) in [7, 11) is 0. The third-order valence-electron chi connectivity index (χ3n) is 4.21. The average molecular weight is 310 g/mol. The summed E-state index contributed by atoms with van der Waals surface area (Å²) in [5.74, 6) is 0. The van der Waals surface area contributed by atoms with Crippen molar-refractivity contribution in [3.63, 3.8) is 0 Å². The number of benzene rings is 2. The smallest absolute Gasteiger partial charge is 0.106 e. The first-order chi connectivity index (χ1) is 10.8. The van der Waals surface area contributed by atoms with Crippen LogP contribution < -0.4 is 5.32 Å². The number of hydrogen-bond acceptors (Lipinski definition) is 2. The molecule has 1 saturated heterocycles. The Hall–Kier alpha value is -1.71. The molecular formula is C19H22N2S. The number of piperidine rings is 1. The van der Waals surface area contributed by atoms with Crippen molar-refractivity contribution in [2.24, 2.45) is 0 Å². The molecule has 0 saturated carbocycles. The fourth-order valence-electron chi connectivity index (χ4n) is 2.94. The Labute approximate surface area is 138 Å². The number of nitrogens with zero attached hydrogens (tertiary/aromatic N) is 1. The van der Waals surface area contributed by atoms with Gasteiger partial charge >= 0.3 is 0 Å². The number of nitrogens with one attached hydrogen (secondary N) is 1. The van der Waals surface area contributed by atoms with E-state index in [9.17, 15) is 0 Å². The summed E-state index contributed by atoms with van der Waals surface area (Å²) in [6.45, 7) is 3.31. The molecule has 3 rings (SSSR count). The maximum Gasteiger partial charge on any atom is 0.106 e. The predicted octanol–water partition coefficient (Wildman–Crippen LogP) is 3.62. The monoisotopic (exact) mass is 310 g/mol. The van der Waals surface area contributed by atoms with Crippen molar-refractivity contribution in [2.45, 2.75) is 25.4 Å². The van der Waals surface area contributed by atoms with Gasteiger partial charge in [0.25, 0.3) is 0 Å². The van der Waals surface area contributed by atoms with E-state index in [2.05, 4.69) is 52.7 Å². The largest absolute Gasteiger partial charge is 0.373 e. The number of rotatable bonds is 4. The highest BCUT2D eigenvalue weighted by molar-refractivity contribution is 7.80. The van der Waals surface area contributed by atoms with Crippen molar-refractivity contribution in [1.29, 1.82) is 0 Å². The highest BCUT2D eigenvalue weighted by Crippen LogP contribution is 2.14. The number of likely N-dealkylation sites (tertiary alicyclic amines) is 1. The van der Waals surface area contributed by atoms with E-state index in [4.69, 9.17) is 12.2 Å². The van der Waals surface area contributed by atoms with Crippen molar-refractivity contribution in [1.82, 2.24) is 10.2 Å². The lowest BCUT2D eigenvalue weighted by atomic mass is 10.0. The molecule has 1 aliphatic heterocycles. The van der Waals surface area contributed by atoms with Gasteiger partial charge in [-0.15, -0.1) is 0 Å². The zero-order valence-corrected chi connectivity index (χ0v) is 13.6. The van der Waals surface area contributed by atoms with Gasteiger partial charge in [-0.2, -0.15) is 0 Å². The van der Waals surface area contributed by atoms with Gasteiger partial charge in [-0.05, 0) is 18.4 Å². The zero-order valence-electron chi connectivity index (χ0n) is 12.7. The summed E-state index contributed by atoms with van der Waals surface area (Å²) in [6.07, 6.45) is 2.31. The van der Waals surface area contributed by atoms with Crippen LogP contribution >= 0.6 is 12.2 Å². The quantitative estimate of drug-likeness (QED) is 0.868. The van der Waals surface area contributed by atoms with E-state index in [1.165, 1.54) is 5.56 Å². The Morgan fingerprint density at radius 3 is 2.18 bits per heavy atom. The lowest BCUT2D eigenvalue weighted by molar-refractivity contribution is 0.199. The summed E-state index contributed by atoms with van der Waals surface area (Å²) in [4.78, 5) is 3.40. The molecule has 2 aromatic carbocycles. The van der Waals surface area contributed by atoms with Crippen LogP contribution in [0.1, 0.15) is 24.0 Å². The Morgan fingerprint density at radius 2 is 1.55 bits per heavy atom. The average Bonchev–Trinajstić information content (AvgIpc) is 2.58. The summed E-state index contributed by atoms with van der Waals surface area (Å²) in [5.41, 5.74) is 2.51. The van der Waals surface area contributed by atoms with Crippen LogP contribution in [-0.2, 0) is 6.54 Å². The van der Waals surface area contributed by atoms with Crippen molar-refractivity contribution in [3.05, 3.63) is 71.8 Å². The second-order valence-electron chi connectivity index (χ2n) is 5.88. The van der Waals surface area contributed by atoms with Crippen molar-refractivity contribution >= 4 is 17.2 Å². The molecule has 1 aliphatic rings. The topological polar surface area (TPSA) is 15.3 Å². The molecule has 0 atom stereocenters. The van der Waals surface area contributed by atoms with E-state index in [0.717, 1.165) is 43.0 Å². The SMILES string of the molecule is S=C(NC1CCN(Cc2ccccc2)CC1)c1ccccc1. The number of thiocarbonyl (C=S) groups is 1. The minimum absolute atomic E-state index is 0.500. The molecule has 0 radical (unpaired) electrons. The van der Waals surface area contributed by atoms with Gasteiger partial charge in [-0.1, -0.05) is 72.9 Å². The van der Waals surface area contributed by atoms with Crippen LogP contribution in [0.5, 0.6) is 0 Å². The first kappa shape index (κ1) is 15.2. The molecule has 1 heterocycles. The van der Waals surface area contributed by atoms with E-state index < -0.39 is 0 Å². The van der Waals surface area contributed by atoms with E-state index in [-0.39, 0.29) is 0 Å². The van der Waals surface area contributed by atoms with Gasteiger partial charge in [-0.3, -0.25) is 4.90 Å². The third kappa shape index (κ3) is 4.15. The van der Waals surface area contributed by atoms with Gasteiger partial charge in [0.05, 0.1) is 0 Å². The molecule has 114 valence electrons. The van der Waals surface area contributed by atoms with Gasteiger partial charge in [0.1, 0.15) is 4.99 Å². The molecule has 0 aromatic heterocycles. The maximum atomic E-state index is 5.51. The third-order valence-corrected chi connectivity index (χ3v) is 4.56. The van der Waals surface area contributed by atoms with Crippen LogP contribution in [0.4, 0.5) is 0 Å². The molecule has 1 fully saturated rings. The van der Waals surface area contributed by atoms with E-state index >= 15 is 0 Å². The van der Waals surface area contributed by atoms with Gasteiger partial charge in [-0.25, -0.2) is 0 Å². The van der Waals surface area contributed by atoms with Gasteiger partial charge in [0, 0.05) is 31.2 Å². The van der Waals surface area contributed by atoms with Gasteiger partial charge in [0.2, 0.25) is 0 Å². The molecule has 2 aromatic rings. The Balaban J connectivity index is 1.47. The van der Waals surface area contributed by atoms with E-state index in [1.807, 2.05) is 18.2 Å². The summed E-state index contributed by atoms with van der Waals surface area (Å²) >= 11 is 5.51. The second kappa shape index (κ2) is 7.52. The molecule has 0 aliphatic carbocycles. The van der Waals surface area contributed by atoms with Crippen LogP contribution in [0.25, 0.3) is 0 Å². The summed E-state index contributed by atoms with van der Waals surface area (Å²) in [5, 5.41) is 3.52. The molecular weight excluding hydrogens is 288 g/mol. The summed E-state index contributed by atoms with van der Waals surface area (Å²) < 4.78 is 0. The predicted molar refractivity (Wildman–Crippen MR) is 96.0 cm³/mol. The standard InChI is InChI=1S/C19H22N2S/c22-19(17-9-5-2-6-10-17)20-18-11-13-21(14-12-18)15-16-7-3-1-4-8-16/h1-10,18H,11-15H2,(H,20,22). The first-order valence-corrected chi connectivity index (χ1v) is 8.34. The normalized spacial score (nSPS) is 16.4. The van der Waals surface area contributed by atoms with Gasteiger partial charge in [0.15, 0.2) is 0 Å². The molecule has 0 unspecified atom stereocenters. The molecule has 0 bridgehead atoms. The zero-order chi connectivity index (χ0) is 15.2. The van der Waals surface area contributed by atoms with Crippen LogP contribution in [0.2, 0.25) is 0 Å². The van der Waals surface area contributed by atoms with Crippen LogP contribution in [0.15, 0.2) is 60.7 Å². The highest BCUT2D eigenvalue weighted by atomic mass is 32.1. The number of hydrogen-bond donors (Lipinski definition) is 1. The van der Waals surface area contributed by atoms with Crippen molar-refractivity contribution in [3.8, 4) is 0 Å².